The molecule has 0 aliphatic carbocycles. The van der Waals surface area contributed by atoms with Crippen LogP contribution >= 0.6 is 0 Å². The van der Waals surface area contributed by atoms with Crippen LogP contribution in [-0.4, -0.2) is 32.7 Å². The molecule has 0 unspecified atom stereocenters. The fourth-order valence-electron chi connectivity index (χ4n) is 2.57. The Morgan fingerprint density at radius 2 is 2.33 bits per heavy atom. The number of para-hydroxylation sites is 1. The van der Waals surface area contributed by atoms with Crippen LogP contribution in [0.5, 0.6) is 0 Å². The van der Waals surface area contributed by atoms with Crippen molar-refractivity contribution in [2.24, 2.45) is 5.92 Å². The van der Waals surface area contributed by atoms with Gasteiger partial charge in [0, 0.05) is 19.3 Å². The zero-order valence-corrected chi connectivity index (χ0v) is 10.7. The Bertz CT molecular complexity index is 395. The zero-order valence-electron chi connectivity index (χ0n) is 10.7. The van der Waals surface area contributed by atoms with Gasteiger partial charge in [0.25, 0.3) is 0 Å². The van der Waals surface area contributed by atoms with Crippen molar-refractivity contribution in [1.29, 1.82) is 0 Å². The predicted octanol–water partition coefficient (Wildman–Crippen LogP) is 1.42. The van der Waals surface area contributed by atoms with Crippen molar-refractivity contribution in [3.05, 3.63) is 29.8 Å². The molecule has 0 spiro atoms. The minimum Gasteiger partial charge on any atom is -0.383 e. The van der Waals surface area contributed by atoms with Crippen molar-refractivity contribution in [1.82, 2.24) is 5.32 Å². The molecule has 1 amide bonds. The summed E-state index contributed by atoms with van der Waals surface area (Å²) >= 11 is 0. The van der Waals surface area contributed by atoms with Crippen molar-refractivity contribution in [2.75, 3.05) is 25.6 Å². The van der Waals surface area contributed by atoms with Crippen LogP contribution in [0.1, 0.15) is 12.0 Å². The highest BCUT2D eigenvalue weighted by atomic mass is 16.5. The number of carbonyl (C=O) groups excluding carboxylic acids is 1. The maximum Gasteiger partial charge on any atom is 0.207 e. The van der Waals surface area contributed by atoms with Gasteiger partial charge in [-0.2, -0.15) is 0 Å². The highest BCUT2D eigenvalue weighted by molar-refractivity contribution is 5.54. The first-order valence-corrected chi connectivity index (χ1v) is 6.35. The number of benzene rings is 1. The smallest absolute Gasteiger partial charge is 0.207 e. The molecule has 1 aromatic rings. The normalized spacial score (nSPS) is 21.8. The first kappa shape index (κ1) is 12.9. The molecule has 2 N–H and O–H groups in total. The van der Waals surface area contributed by atoms with Gasteiger partial charge in [-0.05, 0) is 30.4 Å². The summed E-state index contributed by atoms with van der Waals surface area (Å²) in [7, 11) is 1.73. The second-order valence-corrected chi connectivity index (χ2v) is 4.69. The van der Waals surface area contributed by atoms with E-state index in [1.54, 1.807) is 7.11 Å². The number of hydrogen-bond donors (Lipinski definition) is 2. The molecule has 0 fully saturated rings. The number of nitrogens with one attached hydrogen (secondary N) is 2. The highest BCUT2D eigenvalue weighted by Crippen LogP contribution is 2.29. The van der Waals surface area contributed by atoms with Crippen LogP contribution in [-0.2, 0) is 16.0 Å². The van der Waals surface area contributed by atoms with Gasteiger partial charge in [-0.15, -0.1) is 0 Å². The molecule has 0 saturated carbocycles. The monoisotopic (exact) mass is 248 g/mol. The Kier molecular flexibility index (Phi) is 4.59. The van der Waals surface area contributed by atoms with Gasteiger partial charge in [-0.25, -0.2) is 0 Å². The van der Waals surface area contributed by atoms with Gasteiger partial charge in [0.2, 0.25) is 6.41 Å². The summed E-state index contributed by atoms with van der Waals surface area (Å²) in [5.41, 5.74) is 2.56. The average Bonchev–Trinajstić information content (AvgIpc) is 2.40. The van der Waals surface area contributed by atoms with Crippen molar-refractivity contribution < 1.29 is 9.53 Å². The van der Waals surface area contributed by atoms with E-state index in [0.717, 1.165) is 25.8 Å². The van der Waals surface area contributed by atoms with E-state index in [1.165, 1.54) is 11.3 Å². The van der Waals surface area contributed by atoms with E-state index in [4.69, 9.17) is 4.74 Å². The standard InChI is InChI=1S/C14H20N2O2/c1-18-9-14-12(6-7-15-10-17)8-11-4-2-3-5-13(11)16-14/h2-5,10,12,14,16H,6-9H2,1H3,(H,15,17)/t12-,14-/m0/s1. The molecule has 2 rings (SSSR count). The number of ether oxygens (including phenoxy) is 1. The molecular weight excluding hydrogens is 228 g/mol. The lowest BCUT2D eigenvalue weighted by Gasteiger charge is -2.34. The van der Waals surface area contributed by atoms with E-state index in [1.807, 2.05) is 6.07 Å². The van der Waals surface area contributed by atoms with Crippen LogP contribution in [0.15, 0.2) is 24.3 Å². The topological polar surface area (TPSA) is 50.4 Å². The Labute approximate surface area is 108 Å². The molecule has 0 radical (unpaired) electrons. The molecule has 18 heavy (non-hydrogen) atoms. The summed E-state index contributed by atoms with van der Waals surface area (Å²) in [4.78, 5) is 10.3. The summed E-state index contributed by atoms with van der Waals surface area (Å²) in [5, 5.41) is 6.27. The molecular formula is C14H20N2O2. The van der Waals surface area contributed by atoms with E-state index in [9.17, 15) is 4.79 Å². The number of amides is 1. The second kappa shape index (κ2) is 6.40. The van der Waals surface area contributed by atoms with Gasteiger partial charge in [0.05, 0.1) is 12.6 Å². The summed E-state index contributed by atoms with van der Waals surface area (Å²) in [6, 6.07) is 8.70. The Morgan fingerprint density at radius 1 is 1.50 bits per heavy atom. The maximum atomic E-state index is 10.3. The lowest BCUT2D eigenvalue weighted by molar-refractivity contribution is -0.109. The van der Waals surface area contributed by atoms with Crippen molar-refractivity contribution >= 4 is 12.1 Å². The Morgan fingerprint density at radius 3 is 3.11 bits per heavy atom. The van der Waals surface area contributed by atoms with Crippen molar-refractivity contribution in [3.8, 4) is 0 Å². The summed E-state index contributed by atoms with van der Waals surface area (Å²) < 4.78 is 5.28. The molecule has 2 atom stereocenters. The third-order valence-corrected chi connectivity index (χ3v) is 3.50. The van der Waals surface area contributed by atoms with Crippen LogP contribution in [0.25, 0.3) is 0 Å². The number of carbonyl (C=O) groups is 1. The molecule has 0 bridgehead atoms. The van der Waals surface area contributed by atoms with E-state index in [2.05, 4.69) is 28.8 Å². The Balaban J connectivity index is 2.05. The largest absolute Gasteiger partial charge is 0.383 e. The first-order chi connectivity index (χ1) is 8.85. The molecule has 4 nitrogen and oxygen atoms in total. The molecule has 98 valence electrons. The van der Waals surface area contributed by atoms with Gasteiger partial charge < -0.3 is 15.4 Å². The van der Waals surface area contributed by atoms with E-state index >= 15 is 0 Å². The van der Waals surface area contributed by atoms with Crippen LogP contribution in [0, 0.1) is 5.92 Å². The number of hydrogen-bond acceptors (Lipinski definition) is 3. The summed E-state index contributed by atoms with van der Waals surface area (Å²) in [5.74, 6) is 0.493. The highest BCUT2D eigenvalue weighted by Gasteiger charge is 2.27. The van der Waals surface area contributed by atoms with Gasteiger partial charge in [0.1, 0.15) is 0 Å². The Hall–Kier alpha value is -1.55. The molecule has 1 aliphatic rings. The molecule has 1 aromatic carbocycles. The summed E-state index contributed by atoms with van der Waals surface area (Å²) in [6.07, 6.45) is 2.77. The lowest BCUT2D eigenvalue weighted by Crippen LogP contribution is -2.39. The van der Waals surface area contributed by atoms with Gasteiger partial charge in [-0.1, -0.05) is 18.2 Å². The molecule has 1 heterocycles. The van der Waals surface area contributed by atoms with Gasteiger partial charge in [0.15, 0.2) is 0 Å². The number of fused-ring (bicyclic) bond motifs is 1. The fourth-order valence-corrected chi connectivity index (χ4v) is 2.57. The van der Waals surface area contributed by atoms with Crippen LogP contribution in [0.3, 0.4) is 0 Å². The number of anilines is 1. The molecule has 0 saturated heterocycles. The minimum absolute atomic E-state index is 0.318. The quantitative estimate of drug-likeness (QED) is 0.591. The fraction of sp³-hybridized carbons (Fsp3) is 0.500. The third kappa shape index (κ3) is 3.01. The second-order valence-electron chi connectivity index (χ2n) is 4.69. The molecule has 0 aromatic heterocycles. The zero-order chi connectivity index (χ0) is 12.8. The van der Waals surface area contributed by atoms with E-state index in [-0.39, 0.29) is 0 Å². The molecule has 1 aliphatic heterocycles. The first-order valence-electron chi connectivity index (χ1n) is 6.35. The SMILES string of the molecule is COC[C@@H]1Nc2ccccc2C[C@@H]1CCNC=O. The maximum absolute atomic E-state index is 10.3. The third-order valence-electron chi connectivity index (χ3n) is 3.50. The van der Waals surface area contributed by atoms with Crippen LogP contribution in [0.2, 0.25) is 0 Å². The predicted molar refractivity (Wildman–Crippen MR) is 71.6 cm³/mol. The van der Waals surface area contributed by atoms with E-state index < -0.39 is 0 Å². The van der Waals surface area contributed by atoms with Crippen molar-refractivity contribution in [2.45, 2.75) is 18.9 Å². The van der Waals surface area contributed by atoms with Crippen LogP contribution < -0.4 is 10.6 Å². The number of methoxy groups -OCH3 is 1. The average molecular weight is 248 g/mol. The van der Waals surface area contributed by atoms with Crippen LogP contribution in [0.4, 0.5) is 5.69 Å². The minimum atomic E-state index is 0.318. The molecule has 4 heteroatoms. The van der Waals surface area contributed by atoms with E-state index in [0.29, 0.717) is 18.6 Å². The lowest BCUT2D eigenvalue weighted by atomic mass is 9.85. The van der Waals surface area contributed by atoms with Gasteiger partial charge >= 0.3 is 0 Å². The number of rotatable bonds is 6. The summed E-state index contributed by atoms with van der Waals surface area (Å²) in [6.45, 7) is 1.41. The van der Waals surface area contributed by atoms with Gasteiger partial charge in [-0.3, -0.25) is 4.79 Å². The van der Waals surface area contributed by atoms with Crippen molar-refractivity contribution in [3.63, 3.8) is 0 Å².